The Balaban J connectivity index is 1.42. The number of nitrogen functional groups attached to an aromatic ring is 1. The van der Waals surface area contributed by atoms with E-state index in [0.717, 1.165) is 36.4 Å². The standard InChI is InChI=1S/C28H42N5O6PS2/c1-26(2,3)24(34)41-13-11-38-40(36,39-12-14-42-25(35)27(4,5)6)18-37-28(19-7-8-19)10-9-20(15-28)33-17-32-21-22(29)30-16-31-23(21)33/h9-10,16-17,19-20H,7-8,11-15,18H2,1-6H3,(H2,29,30,31)/t20-,28+/m0/s1. The van der Waals surface area contributed by atoms with Crippen molar-refractivity contribution in [2.75, 3.05) is 36.8 Å². The van der Waals surface area contributed by atoms with E-state index in [2.05, 4.69) is 21.0 Å². The zero-order chi connectivity index (χ0) is 30.8. The summed E-state index contributed by atoms with van der Waals surface area (Å²) in [6, 6.07) is -0.0780. The zero-order valence-electron chi connectivity index (χ0n) is 25.2. The number of carbonyl (C=O) groups is 2. The predicted molar refractivity (Wildman–Crippen MR) is 167 cm³/mol. The highest BCUT2D eigenvalue weighted by Crippen LogP contribution is 2.55. The number of nitrogens with two attached hydrogens (primary N) is 1. The van der Waals surface area contributed by atoms with Gasteiger partial charge < -0.3 is 24.1 Å². The number of anilines is 1. The van der Waals surface area contributed by atoms with E-state index in [4.69, 9.17) is 19.5 Å². The molecule has 14 heteroatoms. The fraction of sp³-hybridized carbons (Fsp3) is 0.679. The molecule has 2 aliphatic carbocycles. The lowest BCUT2D eigenvalue weighted by atomic mass is 9.96. The SMILES string of the molecule is CC(C)(C)C(=O)SCCOP(=O)(CO[C@]1(C2CC2)C=C[C@H](n2cnc3c(N)ncnc32)C1)OCCSC(=O)C(C)(C)C. The molecule has 2 N–H and O–H groups in total. The van der Waals surface area contributed by atoms with Gasteiger partial charge in [0.2, 0.25) is 0 Å². The summed E-state index contributed by atoms with van der Waals surface area (Å²) in [5, 5.41) is 0.0631. The third kappa shape index (κ3) is 8.24. The number of aromatic nitrogens is 4. The number of ether oxygens (including phenoxy) is 1. The van der Waals surface area contributed by atoms with Gasteiger partial charge in [-0.25, -0.2) is 15.0 Å². The lowest BCUT2D eigenvalue weighted by Gasteiger charge is -2.31. The molecular weight excluding hydrogens is 597 g/mol. The number of nitrogens with zero attached hydrogens (tertiary/aromatic N) is 4. The van der Waals surface area contributed by atoms with Gasteiger partial charge in [-0.2, -0.15) is 0 Å². The first kappa shape index (κ1) is 33.1. The third-order valence-corrected chi connectivity index (χ3v) is 11.2. The molecule has 2 heterocycles. The summed E-state index contributed by atoms with van der Waals surface area (Å²) in [5.41, 5.74) is 5.57. The normalized spacial score (nSPS) is 21.3. The first-order valence-corrected chi connectivity index (χ1v) is 17.8. The van der Waals surface area contributed by atoms with Crippen LogP contribution in [-0.2, 0) is 27.9 Å². The smallest absolute Gasteiger partial charge is 0.356 e. The number of imidazole rings is 1. The topological polar surface area (TPSA) is 149 Å². The van der Waals surface area contributed by atoms with Gasteiger partial charge in [0, 0.05) is 28.8 Å². The van der Waals surface area contributed by atoms with E-state index in [9.17, 15) is 14.2 Å². The lowest BCUT2D eigenvalue weighted by molar-refractivity contribution is -0.118. The molecular formula is C28H42N5O6PS2. The maximum Gasteiger partial charge on any atom is 0.356 e. The van der Waals surface area contributed by atoms with Crippen molar-refractivity contribution in [1.29, 1.82) is 0 Å². The molecule has 2 atom stereocenters. The predicted octanol–water partition coefficient (Wildman–Crippen LogP) is 5.87. The fourth-order valence-corrected chi connectivity index (χ4v) is 7.68. The van der Waals surface area contributed by atoms with Crippen LogP contribution in [0.4, 0.5) is 5.82 Å². The van der Waals surface area contributed by atoms with Crippen LogP contribution in [0.3, 0.4) is 0 Å². The molecule has 2 aliphatic rings. The summed E-state index contributed by atoms with van der Waals surface area (Å²) in [4.78, 5) is 37.4. The van der Waals surface area contributed by atoms with Gasteiger partial charge >= 0.3 is 7.60 Å². The van der Waals surface area contributed by atoms with E-state index in [1.54, 1.807) is 6.33 Å². The summed E-state index contributed by atoms with van der Waals surface area (Å²) in [6.07, 6.45) is 9.61. The summed E-state index contributed by atoms with van der Waals surface area (Å²) >= 11 is 2.30. The van der Waals surface area contributed by atoms with Gasteiger partial charge in [-0.15, -0.1) is 0 Å². The third-order valence-electron chi connectivity index (χ3n) is 7.07. The minimum absolute atomic E-state index is 0.0315. The summed E-state index contributed by atoms with van der Waals surface area (Å²) in [5.74, 6) is 1.29. The van der Waals surface area contributed by atoms with Gasteiger partial charge in [0.05, 0.1) is 31.2 Å². The number of allylic oxidation sites excluding steroid dienone is 1. The van der Waals surface area contributed by atoms with Crippen molar-refractivity contribution in [3.05, 3.63) is 24.8 Å². The van der Waals surface area contributed by atoms with Crippen LogP contribution in [0.2, 0.25) is 0 Å². The van der Waals surface area contributed by atoms with Gasteiger partial charge in [-0.1, -0.05) is 77.2 Å². The molecule has 1 fully saturated rings. The molecule has 0 unspecified atom stereocenters. The Labute approximate surface area is 256 Å². The highest BCUT2D eigenvalue weighted by Gasteiger charge is 2.50. The minimum atomic E-state index is -3.71. The van der Waals surface area contributed by atoms with Crippen LogP contribution in [0, 0.1) is 16.7 Å². The van der Waals surface area contributed by atoms with Gasteiger partial charge in [0.25, 0.3) is 0 Å². The zero-order valence-corrected chi connectivity index (χ0v) is 27.7. The van der Waals surface area contributed by atoms with E-state index in [1.165, 1.54) is 6.33 Å². The molecule has 4 rings (SSSR count). The summed E-state index contributed by atoms with van der Waals surface area (Å²) < 4.78 is 34.0. The van der Waals surface area contributed by atoms with Gasteiger partial charge in [-0.3, -0.25) is 14.2 Å². The molecule has 0 aromatic carbocycles. The van der Waals surface area contributed by atoms with Crippen LogP contribution in [0.1, 0.15) is 66.8 Å². The van der Waals surface area contributed by atoms with Crippen molar-refractivity contribution in [3.63, 3.8) is 0 Å². The van der Waals surface area contributed by atoms with Crippen LogP contribution in [-0.4, -0.2) is 66.4 Å². The molecule has 42 heavy (non-hydrogen) atoms. The maximum absolute atomic E-state index is 13.9. The van der Waals surface area contributed by atoms with Crippen molar-refractivity contribution in [3.8, 4) is 0 Å². The second kappa shape index (κ2) is 13.1. The van der Waals surface area contributed by atoms with Crippen LogP contribution in [0.25, 0.3) is 11.2 Å². The Kier molecular flexibility index (Phi) is 10.3. The number of fused-ring (bicyclic) bond motifs is 1. The van der Waals surface area contributed by atoms with Crippen molar-refractivity contribution in [1.82, 2.24) is 19.5 Å². The lowest BCUT2D eigenvalue weighted by Crippen LogP contribution is -2.33. The van der Waals surface area contributed by atoms with Gasteiger partial charge in [0.15, 0.2) is 21.7 Å². The average molecular weight is 640 g/mol. The van der Waals surface area contributed by atoms with E-state index in [0.29, 0.717) is 34.9 Å². The Morgan fingerprint density at radius 2 is 1.62 bits per heavy atom. The van der Waals surface area contributed by atoms with Gasteiger partial charge in [-0.05, 0) is 18.8 Å². The van der Waals surface area contributed by atoms with Crippen LogP contribution < -0.4 is 5.73 Å². The summed E-state index contributed by atoms with van der Waals surface area (Å²) in [7, 11) is -3.71. The van der Waals surface area contributed by atoms with Crippen molar-refractivity contribution < 1.29 is 27.9 Å². The number of hydrogen-bond donors (Lipinski definition) is 1. The number of rotatable bonds is 13. The largest absolute Gasteiger partial charge is 0.382 e. The van der Waals surface area contributed by atoms with E-state index < -0.39 is 24.0 Å². The molecule has 0 saturated heterocycles. The molecule has 232 valence electrons. The molecule has 0 radical (unpaired) electrons. The highest BCUT2D eigenvalue weighted by molar-refractivity contribution is 8.14. The molecule has 0 aliphatic heterocycles. The fourth-order valence-electron chi connectivity index (χ4n) is 4.51. The van der Waals surface area contributed by atoms with E-state index in [-0.39, 0.29) is 41.8 Å². The van der Waals surface area contributed by atoms with Crippen molar-refractivity contribution in [2.45, 2.75) is 72.4 Å². The average Bonchev–Trinajstić information content (AvgIpc) is 3.54. The quantitative estimate of drug-likeness (QED) is 0.159. The van der Waals surface area contributed by atoms with E-state index in [1.807, 2.05) is 52.2 Å². The Bertz CT molecular complexity index is 1330. The second-order valence-electron chi connectivity index (χ2n) is 12.8. The molecule has 0 spiro atoms. The molecule has 2 aromatic rings. The molecule has 2 aromatic heterocycles. The Morgan fingerprint density at radius 3 is 2.17 bits per heavy atom. The molecule has 1 saturated carbocycles. The van der Waals surface area contributed by atoms with Crippen molar-refractivity contribution >= 4 is 58.3 Å². The monoisotopic (exact) mass is 639 g/mol. The van der Waals surface area contributed by atoms with Crippen molar-refractivity contribution in [2.24, 2.45) is 16.7 Å². The number of thioether (sulfide) groups is 2. The number of hydrogen-bond acceptors (Lipinski definition) is 12. The van der Waals surface area contributed by atoms with Gasteiger partial charge in [0.1, 0.15) is 18.2 Å². The minimum Gasteiger partial charge on any atom is -0.382 e. The van der Waals surface area contributed by atoms with Crippen LogP contribution in [0.5, 0.6) is 0 Å². The highest BCUT2D eigenvalue weighted by atomic mass is 32.2. The Hall–Kier alpha value is -1.76. The first-order chi connectivity index (χ1) is 19.6. The van der Waals surface area contributed by atoms with Crippen LogP contribution >= 0.6 is 31.1 Å². The molecule has 0 amide bonds. The first-order valence-electron chi connectivity index (χ1n) is 14.1. The second-order valence-corrected chi connectivity index (χ2v) is 16.9. The van der Waals surface area contributed by atoms with Crippen LogP contribution in [0.15, 0.2) is 24.8 Å². The molecule has 11 nitrogen and oxygen atoms in total. The maximum atomic E-state index is 13.9. The number of carbonyl (C=O) groups excluding carboxylic acids is 2. The van der Waals surface area contributed by atoms with E-state index >= 15 is 0 Å². The Morgan fingerprint density at radius 1 is 1.02 bits per heavy atom. The molecule has 0 bridgehead atoms. The summed E-state index contributed by atoms with van der Waals surface area (Å²) in [6.45, 7) is 11.3.